The maximum absolute atomic E-state index is 14.2. The largest absolute Gasteiger partial charge is 0.359 e. The van der Waals surface area contributed by atoms with Gasteiger partial charge in [-0.15, -0.1) is 0 Å². The van der Waals surface area contributed by atoms with Crippen LogP contribution in [0.5, 0.6) is 0 Å². The van der Waals surface area contributed by atoms with E-state index < -0.39 is 0 Å². The van der Waals surface area contributed by atoms with Crippen LogP contribution in [0.2, 0.25) is 10.0 Å². The van der Waals surface area contributed by atoms with Crippen LogP contribution in [0.1, 0.15) is 42.4 Å². The molecule has 6 aliphatic carbocycles. The number of nitrogens with zero attached hydrogens (tertiary/aromatic N) is 3. The zero-order valence-electron chi connectivity index (χ0n) is 21.6. The zero-order valence-corrected chi connectivity index (χ0v) is 23.1. The van der Waals surface area contributed by atoms with Crippen molar-refractivity contribution in [3.8, 4) is 0 Å². The highest BCUT2D eigenvalue weighted by molar-refractivity contribution is 6.42. The quantitative estimate of drug-likeness (QED) is 0.592. The molecule has 38 heavy (non-hydrogen) atoms. The number of nitrogens with one attached hydrogen (secondary N) is 2. The van der Waals surface area contributed by atoms with Gasteiger partial charge >= 0.3 is 0 Å². The van der Waals surface area contributed by atoms with E-state index in [1.807, 2.05) is 25.3 Å². The lowest BCUT2D eigenvalue weighted by atomic mass is 8.94. The minimum atomic E-state index is -0.178. The molecule has 6 saturated carbocycles. The van der Waals surface area contributed by atoms with Crippen LogP contribution < -0.4 is 16.2 Å². The lowest BCUT2D eigenvalue weighted by molar-refractivity contribution is -0.628. The average Bonchev–Trinajstić information content (AvgIpc) is 2.89. The third kappa shape index (κ3) is 2.13. The summed E-state index contributed by atoms with van der Waals surface area (Å²) in [7, 11) is 1.74. The predicted molar refractivity (Wildman–Crippen MR) is 142 cm³/mol. The van der Waals surface area contributed by atoms with Crippen molar-refractivity contribution in [2.24, 2.45) is 40.9 Å². The smallest absolute Gasteiger partial charge is 0.259 e. The summed E-state index contributed by atoms with van der Waals surface area (Å²) in [6, 6.07) is 4.81. The van der Waals surface area contributed by atoms with E-state index in [0.717, 1.165) is 0 Å². The van der Waals surface area contributed by atoms with Crippen LogP contribution in [0.4, 0.5) is 5.95 Å². The van der Waals surface area contributed by atoms with E-state index in [1.165, 1.54) is 0 Å². The number of aromatic nitrogens is 2. The van der Waals surface area contributed by atoms with E-state index in [1.54, 1.807) is 30.1 Å². The molecule has 2 N–H and O–H groups in total. The molecule has 0 bridgehead atoms. The first-order valence-electron chi connectivity index (χ1n) is 13.5. The fraction of sp³-hybridized carbons (Fsp3) is 0.571. The molecule has 10 heteroatoms. The van der Waals surface area contributed by atoms with Crippen LogP contribution in [0.3, 0.4) is 0 Å². The average molecular weight is 554 g/mol. The van der Waals surface area contributed by atoms with Gasteiger partial charge in [-0.1, -0.05) is 23.2 Å². The maximum Gasteiger partial charge on any atom is 0.259 e. The van der Waals surface area contributed by atoms with Crippen molar-refractivity contribution in [1.29, 1.82) is 0 Å². The summed E-state index contributed by atoms with van der Waals surface area (Å²) in [6.07, 6.45) is 0.449. The van der Waals surface area contributed by atoms with Gasteiger partial charge in [0.1, 0.15) is 0 Å². The number of halogens is 2. The number of amides is 2. The normalized spacial score (nSPS) is 39.6. The molecule has 2 amide bonds. The molecular weight excluding hydrogens is 525 g/mol. The summed E-state index contributed by atoms with van der Waals surface area (Å²) in [5.74, 6) is 3.08. The Morgan fingerprint density at radius 3 is 2.32 bits per heavy atom. The van der Waals surface area contributed by atoms with Gasteiger partial charge in [0.2, 0.25) is 11.9 Å². The minimum Gasteiger partial charge on any atom is -0.359 e. The van der Waals surface area contributed by atoms with Gasteiger partial charge in [0, 0.05) is 30.3 Å². The first-order valence-corrected chi connectivity index (χ1v) is 14.3. The molecule has 0 spiro atoms. The highest BCUT2D eigenvalue weighted by atomic mass is 35.5. The Morgan fingerprint density at radius 1 is 1.08 bits per heavy atom. The highest BCUT2D eigenvalue weighted by Crippen LogP contribution is 3.09. The monoisotopic (exact) mass is 553 g/mol. The second-order valence-corrected chi connectivity index (χ2v) is 13.3. The number of benzene rings is 1. The van der Waals surface area contributed by atoms with Gasteiger partial charge in [-0.2, -0.15) is 0 Å². The summed E-state index contributed by atoms with van der Waals surface area (Å²) >= 11 is 12.2. The van der Waals surface area contributed by atoms with Crippen LogP contribution in [0.15, 0.2) is 23.0 Å². The molecule has 2 aromatic rings. The van der Waals surface area contributed by atoms with Gasteiger partial charge in [0.05, 0.1) is 33.2 Å². The van der Waals surface area contributed by atoms with E-state index in [2.05, 4.69) is 10.6 Å². The first-order chi connectivity index (χ1) is 18.1. The van der Waals surface area contributed by atoms with Crippen LogP contribution in [0, 0.1) is 40.9 Å². The molecule has 1 atom stereocenters. The topological polar surface area (TPSA) is 96.3 Å². The van der Waals surface area contributed by atoms with E-state index >= 15 is 0 Å². The molecule has 1 aromatic heterocycles. The molecule has 7 aliphatic rings. The summed E-state index contributed by atoms with van der Waals surface area (Å²) in [5.41, 5.74) is 1.52. The standard InChI is InChI=1S/C28H29Cl2N5O3/c1-10(2)32-26-33-16-9-34(23(36)12-5-6-14(29)15(30)8-12)11(3)7-13(16)24(37)35(26)28-20-17-21(28)19-22(28)18(20)27(17,19)25(38)31-4/h5-6,8,10-11,17-22H,7,9H2,1-4H3,(H,31,38)(H,32,33)/t11-,17?,18?,19?,20?,21?,22?,27?,28?/m1/s1. The molecule has 9 rings (SSSR count). The fourth-order valence-corrected chi connectivity index (χ4v) is 10.3. The van der Waals surface area contributed by atoms with Crippen molar-refractivity contribution >= 4 is 41.0 Å². The molecule has 1 aromatic carbocycles. The van der Waals surface area contributed by atoms with E-state index in [4.69, 9.17) is 28.2 Å². The van der Waals surface area contributed by atoms with Crippen LogP contribution in [-0.2, 0) is 23.3 Å². The van der Waals surface area contributed by atoms with Crippen molar-refractivity contribution in [3.05, 3.63) is 55.4 Å². The van der Waals surface area contributed by atoms with Crippen molar-refractivity contribution in [3.63, 3.8) is 0 Å². The van der Waals surface area contributed by atoms with Gasteiger partial charge in [-0.25, -0.2) is 4.98 Å². The first kappa shape index (κ1) is 23.3. The van der Waals surface area contributed by atoms with Crippen molar-refractivity contribution in [2.75, 3.05) is 12.4 Å². The van der Waals surface area contributed by atoms with E-state index in [0.29, 0.717) is 74.7 Å². The molecular formula is C28H29Cl2N5O3. The number of rotatable bonds is 5. The minimum absolute atomic E-state index is 0.0244. The Bertz CT molecular complexity index is 1500. The summed E-state index contributed by atoms with van der Waals surface area (Å²) in [5, 5.41) is 7.09. The van der Waals surface area contributed by atoms with Crippen LogP contribution in [0.25, 0.3) is 0 Å². The van der Waals surface area contributed by atoms with E-state index in [9.17, 15) is 14.4 Å². The maximum atomic E-state index is 14.2. The molecule has 2 heterocycles. The number of hydrogen-bond acceptors (Lipinski definition) is 5. The summed E-state index contributed by atoms with van der Waals surface area (Å²) in [4.78, 5) is 47.2. The predicted octanol–water partition coefficient (Wildman–Crippen LogP) is 3.15. The van der Waals surface area contributed by atoms with Crippen molar-refractivity contribution in [2.45, 2.75) is 51.4 Å². The number of carbonyl (C=O) groups is 2. The number of fused-ring (bicyclic) bond motifs is 1. The van der Waals surface area contributed by atoms with Crippen molar-refractivity contribution in [1.82, 2.24) is 19.8 Å². The molecule has 1 aliphatic heterocycles. The Kier molecular flexibility index (Phi) is 4.26. The zero-order chi connectivity index (χ0) is 26.6. The van der Waals surface area contributed by atoms with Crippen LogP contribution in [-0.4, -0.2) is 45.4 Å². The molecule has 8 nitrogen and oxygen atoms in total. The second kappa shape index (κ2) is 6.94. The second-order valence-electron chi connectivity index (χ2n) is 12.5. The Labute approximate surface area is 230 Å². The summed E-state index contributed by atoms with van der Waals surface area (Å²) < 4.78 is 1.99. The van der Waals surface area contributed by atoms with Gasteiger partial charge in [0.25, 0.3) is 11.5 Å². The molecule has 198 valence electrons. The van der Waals surface area contributed by atoms with Gasteiger partial charge < -0.3 is 15.5 Å². The Morgan fingerprint density at radius 2 is 1.74 bits per heavy atom. The third-order valence-electron chi connectivity index (χ3n) is 11.0. The third-order valence-corrected chi connectivity index (χ3v) is 11.8. The number of anilines is 1. The summed E-state index contributed by atoms with van der Waals surface area (Å²) in [6.45, 7) is 6.31. The molecule has 0 saturated heterocycles. The molecule has 6 fully saturated rings. The van der Waals surface area contributed by atoms with Gasteiger partial charge in [-0.3, -0.25) is 19.0 Å². The van der Waals surface area contributed by atoms with E-state index in [-0.39, 0.29) is 47.0 Å². The SMILES string of the molecule is CNC(=O)C12C3C4C1C1C2C3C41n1c(NC(C)C)nc2c(c1=O)C[C@@H](C)N(C(=O)c1ccc(Cl)c(Cl)c1)C2. The fourth-order valence-electron chi connectivity index (χ4n) is 10.0. The number of carbonyl (C=O) groups excluding carboxylic acids is 2. The Balaban J connectivity index is 1.16. The Hall–Kier alpha value is -2.58. The van der Waals surface area contributed by atoms with Gasteiger partial charge in [0.15, 0.2) is 0 Å². The highest BCUT2D eigenvalue weighted by Gasteiger charge is 3.12. The molecule has 0 radical (unpaired) electrons. The lowest BCUT2D eigenvalue weighted by Gasteiger charge is -3.10. The molecule has 0 unspecified atom stereocenters. The van der Waals surface area contributed by atoms with Gasteiger partial charge in [-0.05, 0) is 80.9 Å². The lowest BCUT2D eigenvalue weighted by Crippen LogP contribution is -3.14. The van der Waals surface area contributed by atoms with Crippen LogP contribution >= 0.6 is 23.2 Å². The van der Waals surface area contributed by atoms with Crippen molar-refractivity contribution < 1.29 is 9.59 Å². The number of hydrogen-bond donors (Lipinski definition) is 2.